The van der Waals surface area contributed by atoms with E-state index in [9.17, 15) is 0 Å². The molecule has 2 aliphatic rings. The number of ether oxygens (including phenoxy) is 1. The molecule has 1 fully saturated rings. The summed E-state index contributed by atoms with van der Waals surface area (Å²) in [7, 11) is 2.00. The molecule has 3 aromatic rings. The number of hydrogen-bond donors (Lipinski definition) is 1. The Morgan fingerprint density at radius 1 is 1.20 bits per heavy atom. The van der Waals surface area contributed by atoms with Gasteiger partial charge in [-0.15, -0.1) is 0 Å². The molecular formula is C28H34N6O. The Balaban J connectivity index is 1.55. The normalized spacial score (nSPS) is 16.9. The molecule has 5 rings (SSSR count). The number of nitrogens with zero attached hydrogens (tertiary/aromatic N) is 5. The zero-order chi connectivity index (χ0) is 24.4. The molecule has 35 heavy (non-hydrogen) atoms. The van der Waals surface area contributed by atoms with Crippen LogP contribution < -0.4 is 10.2 Å². The molecule has 0 amide bonds. The van der Waals surface area contributed by atoms with Crippen molar-refractivity contribution in [2.75, 3.05) is 38.3 Å². The average molecular weight is 471 g/mol. The van der Waals surface area contributed by atoms with E-state index in [1.807, 2.05) is 19.4 Å². The Kier molecular flexibility index (Phi) is 6.79. The van der Waals surface area contributed by atoms with E-state index in [0.717, 1.165) is 48.6 Å². The van der Waals surface area contributed by atoms with E-state index in [1.165, 1.54) is 22.3 Å². The van der Waals surface area contributed by atoms with Crippen molar-refractivity contribution in [3.05, 3.63) is 70.7 Å². The molecule has 182 valence electrons. The monoisotopic (exact) mass is 470 g/mol. The van der Waals surface area contributed by atoms with Gasteiger partial charge in [0.1, 0.15) is 5.82 Å². The number of aryl methyl sites for hydroxylation is 1. The third-order valence-electron chi connectivity index (χ3n) is 6.83. The number of allylic oxidation sites excluding steroid dienone is 2. The second-order valence-electron chi connectivity index (χ2n) is 9.32. The van der Waals surface area contributed by atoms with Gasteiger partial charge < -0.3 is 15.0 Å². The lowest BCUT2D eigenvalue weighted by atomic mass is 9.99. The lowest BCUT2D eigenvalue weighted by Crippen LogP contribution is -2.37. The largest absolute Gasteiger partial charge is 0.378 e. The summed E-state index contributed by atoms with van der Waals surface area (Å²) >= 11 is 0. The first-order valence-electron chi connectivity index (χ1n) is 12.5. The van der Waals surface area contributed by atoms with Gasteiger partial charge in [0.25, 0.3) is 5.95 Å². The average Bonchev–Trinajstić information content (AvgIpc) is 3.55. The first-order chi connectivity index (χ1) is 17.1. The molecule has 0 bridgehead atoms. The van der Waals surface area contributed by atoms with E-state index < -0.39 is 0 Å². The maximum Gasteiger partial charge on any atom is 0.253 e. The molecule has 1 unspecified atom stereocenters. The van der Waals surface area contributed by atoms with Crippen molar-refractivity contribution < 1.29 is 4.74 Å². The lowest BCUT2D eigenvalue weighted by molar-refractivity contribution is 0.122. The van der Waals surface area contributed by atoms with Crippen LogP contribution in [0.2, 0.25) is 0 Å². The highest BCUT2D eigenvalue weighted by atomic mass is 16.5. The number of rotatable bonds is 7. The summed E-state index contributed by atoms with van der Waals surface area (Å²) < 4.78 is 7.42. The van der Waals surface area contributed by atoms with E-state index in [1.54, 1.807) is 4.68 Å². The zero-order valence-electron chi connectivity index (χ0n) is 21.1. The van der Waals surface area contributed by atoms with Crippen LogP contribution in [0.4, 0.5) is 5.82 Å². The maximum atomic E-state index is 5.62. The Hall–Kier alpha value is -3.29. The Morgan fingerprint density at radius 2 is 2.03 bits per heavy atom. The molecule has 1 N–H and O–H groups in total. The number of hydrogen-bond acceptors (Lipinski definition) is 6. The molecule has 1 aromatic carbocycles. The van der Waals surface area contributed by atoms with E-state index in [-0.39, 0.29) is 0 Å². The van der Waals surface area contributed by atoms with Gasteiger partial charge in [0.2, 0.25) is 0 Å². The predicted octanol–water partition coefficient (Wildman–Crippen LogP) is 4.36. The van der Waals surface area contributed by atoms with Crippen LogP contribution >= 0.6 is 0 Å². The van der Waals surface area contributed by atoms with Gasteiger partial charge in [0, 0.05) is 42.9 Å². The fraction of sp³-hybridized carbons (Fsp3) is 0.393. The van der Waals surface area contributed by atoms with Crippen molar-refractivity contribution in [2.45, 2.75) is 39.7 Å². The van der Waals surface area contributed by atoms with Gasteiger partial charge >= 0.3 is 0 Å². The fourth-order valence-corrected chi connectivity index (χ4v) is 4.76. The summed E-state index contributed by atoms with van der Waals surface area (Å²) in [5.74, 6) is 1.61. The zero-order valence-corrected chi connectivity index (χ0v) is 21.1. The van der Waals surface area contributed by atoms with Crippen LogP contribution in [0.5, 0.6) is 0 Å². The molecule has 7 nitrogen and oxygen atoms in total. The fourth-order valence-electron chi connectivity index (χ4n) is 4.76. The first kappa shape index (κ1) is 23.5. The summed E-state index contributed by atoms with van der Waals surface area (Å²) in [5, 5.41) is 7.96. The quantitative estimate of drug-likeness (QED) is 0.554. The molecule has 7 heteroatoms. The summed E-state index contributed by atoms with van der Waals surface area (Å²) in [6.07, 6.45) is 10.3. The molecule has 3 heterocycles. The van der Waals surface area contributed by atoms with Crippen molar-refractivity contribution in [1.29, 1.82) is 0 Å². The molecular weight excluding hydrogens is 436 g/mol. The Morgan fingerprint density at radius 3 is 2.77 bits per heavy atom. The summed E-state index contributed by atoms with van der Waals surface area (Å²) in [4.78, 5) is 12.4. The minimum atomic E-state index is 0.319. The minimum Gasteiger partial charge on any atom is -0.378 e. The van der Waals surface area contributed by atoms with Gasteiger partial charge in [-0.05, 0) is 50.1 Å². The Labute approximate surface area is 207 Å². The predicted molar refractivity (Wildman–Crippen MR) is 141 cm³/mol. The topological polar surface area (TPSA) is 68.1 Å². The molecule has 1 aliphatic carbocycles. The van der Waals surface area contributed by atoms with E-state index in [2.05, 4.69) is 72.5 Å². The first-order valence-corrected chi connectivity index (χ1v) is 12.5. The van der Waals surface area contributed by atoms with E-state index in [4.69, 9.17) is 14.7 Å². The highest BCUT2D eigenvalue weighted by Gasteiger charge is 2.26. The van der Waals surface area contributed by atoms with Crippen molar-refractivity contribution in [1.82, 2.24) is 25.1 Å². The highest BCUT2D eigenvalue weighted by molar-refractivity contribution is 5.72. The van der Waals surface area contributed by atoms with Gasteiger partial charge in [0.15, 0.2) is 0 Å². The number of fused-ring (bicyclic) bond motifs is 1. The SMILES string of the molecule is CC/C(=C\C(C)NC)C1=Cc2nc(-n3cc(-c4cccc(C)c4)cn3)nc(N3CCOCC3)c2C1. The van der Waals surface area contributed by atoms with Gasteiger partial charge in [-0.1, -0.05) is 42.8 Å². The molecule has 0 radical (unpaired) electrons. The van der Waals surface area contributed by atoms with Crippen LogP contribution in [0.25, 0.3) is 23.2 Å². The maximum absolute atomic E-state index is 5.62. The number of morpholine rings is 1. The van der Waals surface area contributed by atoms with Crippen LogP contribution in [0.3, 0.4) is 0 Å². The molecule has 1 saturated heterocycles. The number of anilines is 1. The van der Waals surface area contributed by atoms with Crippen molar-refractivity contribution >= 4 is 11.9 Å². The van der Waals surface area contributed by atoms with Crippen molar-refractivity contribution in [3.8, 4) is 17.1 Å². The summed E-state index contributed by atoms with van der Waals surface area (Å²) in [5.41, 5.74) is 8.31. The van der Waals surface area contributed by atoms with Crippen LogP contribution in [0.15, 0.2) is 53.9 Å². The number of likely N-dealkylation sites (N-methyl/N-ethyl adjacent to an activating group) is 1. The van der Waals surface area contributed by atoms with Crippen molar-refractivity contribution in [3.63, 3.8) is 0 Å². The van der Waals surface area contributed by atoms with Gasteiger partial charge in [-0.3, -0.25) is 0 Å². The standard InChI is InChI=1S/C28H34N6O/c1-5-21(14-20(3)29-4)23-15-25-26(16-23)31-28(32-27(25)33-9-11-35-12-10-33)34-18-24(17-30-34)22-8-6-7-19(2)13-22/h6-8,13-14,16-18,20,29H,5,9-12,15H2,1-4H3/b21-14+. The lowest BCUT2D eigenvalue weighted by Gasteiger charge is -2.29. The van der Waals surface area contributed by atoms with Crippen LogP contribution in [0, 0.1) is 6.92 Å². The molecule has 0 saturated carbocycles. The molecule has 1 aliphatic heterocycles. The minimum absolute atomic E-state index is 0.319. The van der Waals surface area contributed by atoms with Gasteiger partial charge in [0.05, 0.1) is 25.1 Å². The number of benzene rings is 1. The van der Waals surface area contributed by atoms with Gasteiger partial charge in [-0.25, -0.2) is 9.67 Å². The Bertz CT molecular complexity index is 1270. The van der Waals surface area contributed by atoms with Gasteiger partial charge in [-0.2, -0.15) is 10.1 Å². The summed E-state index contributed by atoms with van der Waals surface area (Å²) in [6, 6.07) is 8.77. The third-order valence-corrected chi connectivity index (χ3v) is 6.83. The van der Waals surface area contributed by atoms with Crippen LogP contribution in [-0.4, -0.2) is 59.1 Å². The molecule has 1 atom stereocenters. The van der Waals surface area contributed by atoms with Crippen LogP contribution in [0.1, 0.15) is 37.1 Å². The number of aromatic nitrogens is 4. The van der Waals surface area contributed by atoms with Crippen LogP contribution in [-0.2, 0) is 11.2 Å². The molecule has 2 aromatic heterocycles. The second kappa shape index (κ2) is 10.1. The second-order valence-corrected chi connectivity index (χ2v) is 9.32. The van der Waals surface area contributed by atoms with Crippen molar-refractivity contribution in [2.24, 2.45) is 0 Å². The van der Waals surface area contributed by atoms with E-state index in [0.29, 0.717) is 25.2 Å². The smallest absolute Gasteiger partial charge is 0.253 e. The molecule has 0 spiro atoms. The van der Waals surface area contributed by atoms with E-state index >= 15 is 0 Å². The number of nitrogens with one attached hydrogen (secondary N) is 1. The summed E-state index contributed by atoms with van der Waals surface area (Å²) in [6.45, 7) is 9.60. The third kappa shape index (κ3) is 4.92. The highest BCUT2D eigenvalue weighted by Crippen LogP contribution is 2.36.